The van der Waals surface area contributed by atoms with Crippen LogP contribution in [-0.4, -0.2) is 19.2 Å². The summed E-state index contributed by atoms with van der Waals surface area (Å²) in [7, 11) is 3.25. The molecule has 2 aromatic carbocycles. The average molecular weight is 358 g/mol. The molecule has 1 aliphatic carbocycles. The van der Waals surface area contributed by atoms with Gasteiger partial charge in [0.2, 0.25) is 0 Å². The molecule has 1 N–H and O–H groups in total. The third kappa shape index (κ3) is 2.76. The van der Waals surface area contributed by atoms with Gasteiger partial charge in [-0.15, -0.1) is 0 Å². The van der Waals surface area contributed by atoms with E-state index in [4.69, 9.17) is 9.47 Å². The fourth-order valence-corrected chi connectivity index (χ4v) is 3.71. The molecule has 0 saturated heterocycles. The fraction of sp³-hybridized carbons (Fsp3) is 0.182. The first kappa shape index (κ1) is 16.9. The normalized spacial score (nSPS) is 11.9. The van der Waals surface area contributed by atoms with E-state index in [1.54, 1.807) is 14.2 Å². The standard InChI is InChI=1S/C22H18N2O3/c1-26-15-6-3-13(4-7-15)20-18-9-5-14-11-16(27-2)8-10-17(14)21(18)24-22(25)19(20)12-23/h3-4,6-8,10-11H,5,9H2,1-2H3,(H,24,25). The number of fused-ring (bicyclic) bond motifs is 3. The number of rotatable bonds is 3. The van der Waals surface area contributed by atoms with Crippen molar-refractivity contribution in [2.75, 3.05) is 14.2 Å². The molecule has 0 saturated carbocycles. The van der Waals surface area contributed by atoms with Gasteiger partial charge in [0.25, 0.3) is 5.56 Å². The molecular weight excluding hydrogens is 340 g/mol. The van der Waals surface area contributed by atoms with E-state index in [0.29, 0.717) is 5.56 Å². The Kier molecular flexibility index (Phi) is 4.17. The number of pyridine rings is 1. The minimum atomic E-state index is -0.370. The maximum absolute atomic E-state index is 12.6. The van der Waals surface area contributed by atoms with Gasteiger partial charge in [0.15, 0.2) is 0 Å². The van der Waals surface area contributed by atoms with E-state index in [0.717, 1.165) is 52.3 Å². The highest BCUT2D eigenvalue weighted by Crippen LogP contribution is 2.39. The number of nitrogens with one attached hydrogen (secondary N) is 1. The lowest BCUT2D eigenvalue weighted by atomic mass is 9.83. The smallest absolute Gasteiger partial charge is 0.266 e. The van der Waals surface area contributed by atoms with Crippen LogP contribution in [0, 0.1) is 11.3 Å². The zero-order valence-electron chi connectivity index (χ0n) is 15.1. The number of aryl methyl sites for hydroxylation is 1. The van der Waals surface area contributed by atoms with E-state index in [1.807, 2.05) is 42.5 Å². The van der Waals surface area contributed by atoms with Crippen molar-refractivity contribution in [1.29, 1.82) is 5.26 Å². The Bertz CT molecular complexity index is 1120. The Morgan fingerprint density at radius 1 is 1.00 bits per heavy atom. The summed E-state index contributed by atoms with van der Waals surface area (Å²) in [5.74, 6) is 1.52. The first-order valence-electron chi connectivity index (χ1n) is 8.67. The quantitative estimate of drug-likeness (QED) is 0.775. The van der Waals surface area contributed by atoms with Crippen molar-refractivity contribution in [2.45, 2.75) is 12.8 Å². The zero-order chi connectivity index (χ0) is 19.0. The topological polar surface area (TPSA) is 75.1 Å². The molecule has 1 heterocycles. The number of hydrogen-bond acceptors (Lipinski definition) is 4. The fourth-order valence-electron chi connectivity index (χ4n) is 3.71. The molecule has 0 aliphatic heterocycles. The molecule has 134 valence electrons. The van der Waals surface area contributed by atoms with Gasteiger partial charge in [-0.2, -0.15) is 5.26 Å². The van der Waals surface area contributed by atoms with Crippen LogP contribution in [-0.2, 0) is 12.8 Å². The highest BCUT2D eigenvalue weighted by molar-refractivity contribution is 5.83. The van der Waals surface area contributed by atoms with Crippen molar-refractivity contribution in [2.24, 2.45) is 0 Å². The van der Waals surface area contributed by atoms with Crippen LogP contribution in [0.2, 0.25) is 0 Å². The molecule has 0 amide bonds. The molecule has 0 unspecified atom stereocenters. The van der Waals surface area contributed by atoms with Gasteiger partial charge in [0.1, 0.15) is 23.1 Å². The van der Waals surface area contributed by atoms with Gasteiger partial charge in [-0.05, 0) is 59.9 Å². The second kappa shape index (κ2) is 6.65. The number of hydrogen-bond donors (Lipinski definition) is 1. The zero-order valence-corrected chi connectivity index (χ0v) is 15.1. The van der Waals surface area contributed by atoms with Crippen molar-refractivity contribution in [3.8, 4) is 40.0 Å². The van der Waals surface area contributed by atoms with E-state index >= 15 is 0 Å². The first-order chi connectivity index (χ1) is 13.2. The number of methoxy groups -OCH3 is 2. The molecule has 5 heteroatoms. The number of H-pyrrole nitrogens is 1. The maximum atomic E-state index is 12.6. The van der Waals surface area contributed by atoms with Crippen LogP contribution in [0.3, 0.4) is 0 Å². The highest BCUT2D eigenvalue weighted by Gasteiger charge is 2.24. The molecule has 0 bridgehead atoms. The summed E-state index contributed by atoms with van der Waals surface area (Å²) in [6.07, 6.45) is 1.56. The van der Waals surface area contributed by atoms with E-state index < -0.39 is 0 Å². The van der Waals surface area contributed by atoms with E-state index in [9.17, 15) is 10.1 Å². The predicted molar refractivity (Wildman–Crippen MR) is 103 cm³/mol. The van der Waals surface area contributed by atoms with E-state index in [1.165, 1.54) is 0 Å². The number of nitriles is 1. The van der Waals surface area contributed by atoms with Gasteiger partial charge in [-0.25, -0.2) is 0 Å². The Hall–Kier alpha value is -3.52. The van der Waals surface area contributed by atoms with Crippen molar-refractivity contribution >= 4 is 0 Å². The number of benzene rings is 2. The van der Waals surface area contributed by atoms with Crippen molar-refractivity contribution in [3.05, 3.63) is 69.5 Å². The van der Waals surface area contributed by atoms with Crippen LogP contribution in [0.5, 0.6) is 11.5 Å². The summed E-state index contributed by atoms with van der Waals surface area (Å²) >= 11 is 0. The predicted octanol–water partition coefficient (Wildman–Crippen LogP) is 3.70. The van der Waals surface area contributed by atoms with Gasteiger partial charge < -0.3 is 14.5 Å². The van der Waals surface area contributed by atoms with Gasteiger partial charge in [-0.1, -0.05) is 12.1 Å². The molecule has 5 nitrogen and oxygen atoms in total. The second-order valence-corrected chi connectivity index (χ2v) is 6.42. The highest BCUT2D eigenvalue weighted by atomic mass is 16.5. The summed E-state index contributed by atoms with van der Waals surface area (Å²) in [5, 5.41) is 9.62. The van der Waals surface area contributed by atoms with Crippen LogP contribution in [0.25, 0.3) is 22.4 Å². The SMILES string of the molecule is COc1ccc(-c2c3c([nH]c(=O)c2C#N)-c2ccc(OC)cc2CC3)cc1. The van der Waals surface area contributed by atoms with Gasteiger partial charge in [-0.3, -0.25) is 4.79 Å². The van der Waals surface area contributed by atoms with Crippen LogP contribution < -0.4 is 15.0 Å². The lowest BCUT2D eigenvalue weighted by Gasteiger charge is -2.23. The van der Waals surface area contributed by atoms with Crippen LogP contribution in [0.4, 0.5) is 0 Å². The van der Waals surface area contributed by atoms with Gasteiger partial charge >= 0.3 is 0 Å². The lowest BCUT2D eigenvalue weighted by molar-refractivity contribution is 0.414. The van der Waals surface area contributed by atoms with E-state index in [-0.39, 0.29) is 11.1 Å². The van der Waals surface area contributed by atoms with Crippen molar-refractivity contribution in [3.63, 3.8) is 0 Å². The summed E-state index contributed by atoms with van der Waals surface area (Å²) < 4.78 is 10.5. The molecule has 1 aliphatic rings. The minimum absolute atomic E-state index is 0.149. The summed E-state index contributed by atoms with van der Waals surface area (Å²) in [5.41, 5.74) is 5.22. The van der Waals surface area contributed by atoms with Crippen LogP contribution in [0.1, 0.15) is 16.7 Å². The summed E-state index contributed by atoms with van der Waals surface area (Å²) in [6, 6.07) is 15.4. The second-order valence-electron chi connectivity index (χ2n) is 6.42. The number of ether oxygens (including phenoxy) is 2. The molecule has 0 spiro atoms. The largest absolute Gasteiger partial charge is 0.497 e. The lowest BCUT2D eigenvalue weighted by Crippen LogP contribution is -2.19. The number of aromatic nitrogens is 1. The molecular formula is C22H18N2O3. The molecule has 1 aromatic heterocycles. The van der Waals surface area contributed by atoms with Crippen molar-refractivity contribution in [1.82, 2.24) is 4.98 Å². The number of aromatic amines is 1. The third-order valence-electron chi connectivity index (χ3n) is 5.04. The Morgan fingerprint density at radius 3 is 2.37 bits per heavy atom. The third-order valence-corrected chi connectivity index (χ3v) is 5.04. The van der Waals surface area contributed by atoms with Crippen LogP contribution in [0.15, 0.2) is 47.3 Å². The molecule has 0 fully saturated rings. The molecule has 0 atom stereocenters. The first-order valence-corrected chi connectivity index (χ1v) is 8.67. The monoisotopic (exact) mass is 358 g/mol. The maximum Gasteiger partial charge on any atom is 0.266 e. The summed E-state index contributed by atoms with van der Waals surface area (Å²) in [6.45, 7) is 0. The molecule has 3 aromatic rings. The number of nitrogens with zero attached hydrogens (tertiary/aromatic N) is 1. The van der Waals surface area contributed by atoms with Gasteiger partial charge in [0, 0.05) is 11.1 Å². The average Bonchev–Trinajstić information content (AvgIpc) is 2.72. The Labute approximate surface area is 156 Å². The van der Waals surface area contributed by atoms with Gasteiger partial charge in [0.05, 0.1) is 19.9 Å². The summed E-state index contributed by atoms with van der Waals surface area (Å²) in [4.78, 5) is 15.6. The van der Waals surface area contributed by atoms with E-state index in [2.05, 4.69) is 11.1 Å². The Balaban J connectivity index is 1.98. The molecule has 27 heavy (non-hydrogen) atoms. The van der Waals surface area contributed by atoms with Crippen LogP contribution >= 0.6 is 0 Å². The molecule has 4 rings (SSSR count). The van der Waals surface area contributed by atoms with Crippen molar-refractivity contribution < 1.29 is 9.47 Å². The Morgan fingerprint density at radius 2 is 1.70 bits per heavy atom. The minimum Gasteiger partial charge on any atom is -0.497 e. The molecule has 0 radical (unpaired) electrons.